The lowest BCUT2D eigenvalue weighted by molar-refractivity contribution is -0.128. The molecule has 3 amide bonds. The number of rotatable bonds is 5. The van der Waals surface area contributed by atoms with Crippen LogP contribution in [0.15, 0.2) is 42.7 Å². The highest BCUT2D eigenvalue weighted by molar-refractivity contribution is 5.99. The fourth-order valence-electron chi connectivity index (χ4n) is 2.62. The minimum Gasteiger partial charge on any atom is -0.455 e. The summed E-state index contributed by atoms with van der Waals surface area (Å²) in [5.41, 5.74) is 1.71. The van der Waals surface area contributed by atoms with E-state index in [1.807, 2.05) is 37.3 Å². The molecule has 3 rings (SSSR count). The second-order valence-electron chi connectivity index (χ2n) is 5.86. The number of anilines is 1. The van der Waals surface area contributed by atoms with Crippen molar-refractivity contribution >= 4 is 17.6 Å². The van der Waals surface area contributed by atoms with E-state index in [-0.39, 0.29) is 11.9 Å². The van der Waals surface area contributed by atoms with Crippen molar-refractivity contribution in [1.82, 2.24) is 15.2 Å². The number of aryl methyl sites for hydroxylation is 1. The molecule has 1 aromatic carbocycles. The molecule has 2 heterocycles. The molecule has 0 bridgehead atoms. The van der Waals surface area contributed by atoms with Gasteiger partial charge in [-0.3, -0.25) is 14.7 Å². The van der Waals surface area contributed by atoms with Gasteiger partial charge in [-0.2, -0.15) is 0 Å². The minimum absolute atomic E-state index is 0.247. The van der Waals surface area contributed by atoms with Crippen molar-refractivity contribution in [2.45, 2.75) is 19.9 Å². The van der Waals surface area contributed by atoms with Gasteiger partial charge in [-0.1, -0.05) is 0 Å². The lowest BCUT2D eigenvalue weighted by atomic mass is 10.2. The van der Waals surface area contributed by atoms with Gasteiger partial charge >= 0.3 is 6.03 Å². The maximum Gasteiger partial charge on any atom is 0.324 e. The number of urea groups is 1. The molecule has 2 aromatic rings. The predicted octanol–water partition coefficient (Wildman–Crippen LogP) is 2.53. The Morgan fingerprint density at radius 1 is 1.40 bits per heavy atom. The first-order chi connectivity index (χ1) is 12.0. The van der Waals surface area contributed by atoms with E-state index in [4.69, 9.17) is 4.74 Å². The van der Waals surface area contributed by atoms with Gasteiger partial charge in [0.15, 0.2) is 0 Å². The van der Waals surface area contributed by atoms with Crippen molar-refractivity contribution in [2.24, 2.45) is 0 Å². The second-order valence-corrected chi connectivity index (χ2v) is 5.86. The highest BCUT2D eigenvalue weighted by Crippen LogP contribution is 2.27. The van der Waals surface area contributed by atoms with Gasteiger partial charge in [0.05, 0.1) is 6.20 Å². The molecular weight excluding hydrogens is 320 g/mol. The zero-order chi connectivity index (χ0) is 17.8. The van der Waals surface area contributed by atoms with Crippen molar-refractivity contribution in [3.63, 3.8) is 0 Å². The summed E-state index contributed by atoms with van der Waals surface area (Å²) in [4.78, 5) is 29.2. The van der Waals surface area contributed by atoms with Gasteiger partial charge in [0.25, 0.3) is 5.91 Å². The first kappa shape index (κ1) is 16.8. The highest BCUT2D eigenvalue weighted by Gasteiger charge is 2.29. The van der Waals surface area contributed by atoms with E-state index in [0.717, 1.165) is 17.0 Å². The van der Waals surface area contributed by atoms with E-state index in [9.17, 15) is 9.59 Å². The van der Waals surface area contributed by atoms with Crippen LogP contribution in [0.5, 0.6) is 11.5 Å². The summed E-state index contributed by atoms with van der Waals surface area (Å²) >= 11 is 0. The molecule has 1 atom stereocenters. The monoisotopic (exact) mass is 340 g/mol. The minimum atomic E-state index is -0.506. The average molecular weight is 340 g/mol. The molecule has 1 aromatic heterocycles. The number of ether oxygens (including phenoxy) is 1. The summed E-state index contributed by atoms with van der Waals surface area (Å²) < 4.78 is 5.79. The number of nitrogens with zero attached hydrogens (tertiary/aromatic N) is 2. The van der Waals surface area contributed by atoms with Gasteiger partial charge < -0.3 is 15.4 Å². The van der Waals surface area contributed by atoms with Crippen molar-refractivity contribution < 1.29 is 14.3 Å². The average Bonchev–Trinajstić information content (AvgIpc) is 3.03. The van der Waals surface area contributed by atoms with Crippen LogP contribution in [0.1, 0.15) is 12.5 Å². The Hall–Kier alpha value is -3.09. The molecule has 0 unspecified atom stereocenters. The van der Waals surface area contributed by atoms with E-state index in [2.05, 4.69) is 15.6 Å². The largest absolute Gasteiger partial charge is 0.455 e. The maximum absolute atomic E-state index is 12.3. The topological polar surface area (TPSA) is 83.6 Å². The molecule has 0 spiro atoms. The van der Waals surface area contributed by atoms with E-state index < -0.39 is 6.04 Å². The standard InChI is InChI=1S/C18H20N4O3/c1-12-10-14(5-6-16(12)25-15-4-3-7-19-11-15)21-13(2)17(23)22-9-8-20-18(22)24/h3-7,10-11,13,21H,8-9H2,1-2H3,(H,20,24)/t13-/m1/s1. The Labute approximate surface area is 146 Å². The van der Waals surface area contributed by atoms with Crippen molar-refractivity contribution in [3.8, 4) is 11.5 Å². The quantitative estimate of drug-likeness (QED) is 0.874. The van der Waals surface area contributed by atoms with E-state index in [1.165, 1.54) is 4.90 Å². The predicted molar refractivity (Wildman–Crippen MR) is 93.7 cm³/mol. The molecule has 1 fully saturated rings. The number of benzene rings is 1. The SMILES string of the molecule is Cc1cc(N[C@H](C)C(=O)N2CCNC2=O)ccc1Oc1cccnc1. The fourth-order valence-corrected chi connectivity index (χ4v) is 2.62. The van der Waals surface area contributed by atoms with Crippen LogP contribution in [0.25, 0.3) is 0 Å². The van der Waals surface area contributed by atoms with Gasteiger partial charge in [0.1, 0.15) is 17.5 Å². The number of carbonyl (C=O) groups excluding carboxylic acids is 2. The molecule has 0 radical (unpaired) electrons. The van der Waals surface area contributed by atoms with Gasteiger partial charge in [0, 0.05) is 25.0 Å². The van der Waals surface area contributed by atoms with Crippen LogP contribution < -0.4 is 15.4 Å². The van der Waals surface area contributed by atoms with Crippen molar-refractivity contribution in [3.05, 3.63) is 48.3 Å². The van der Waals surface area contributed by atoms with E-state index in [1.54, 1.807) is 19.3 Å². The Bertz CT molecular complexity index is 779. The smallest absolute Gasteiger partial charge is 0.324 e. The normalized spacial score (nSPS) is 14.8. The first-order valence-electron chi connectivity index (χ1n) is 8.09. The van der Waals surface area contributed by atoms with E-state index >= 15 is 0 Å². The number of hydrogen-bond donors (Lipinski definition) is 2. The summed E-state index contributed by atoms with van der Waals surface area (Å²) in [6.07, 6.45) is 3.33. The van der Waals surface area contributed by atoms with Crippen LogP contribution in [-0.2, 0) is 4.79 Å². The molecule has 1 aliphatic heterocycles. The van der Waals surface area contributed by atoms with Crippen LogP contribution in [0.4, 0.5) is 10.5 Å². The third-order valence-electron chi connectivity index (χ3n) is 3.91. The van der Waals surface area contributed by atoms with Gasteiger partial charge in [-0.25, -0.2) is 4.79 Å². The molecule has 2 N–H and O–H groups in total. The molecule has 7 heteroatoms. The zero-order valence-corrected chi connectivity index (χ0v) is 14.2. The van der Waals surface area contributed by atoms with Gasteiger partial charge in [-0.15, -0.1) is 0 Å². The van der Waals surface area contributed by atoms with Gasteiger partial charge in [-0.05, 0) is 49.7 Å². The van der Waals surface area contributed by atoms with Crippen LogP contribution in [0.3, 0.4) is 0 Å². The summed E-state index contributed by atoms with van der Waals surface area (Å²) in [5.74, 6) is 1.13. The Kier molecular flexibility index (Phi) is 4.83. The molecule has 130 valence electrons. The van der Waals surface area contributed by atoms with Crippen molar-refractivity contribution in [2.75, 3.05) is 18.4 Å². The third kappa shape index (κ3) is 3.88. The number of carbonyl (C=O) groups is 2. The fraction of sp³-hybridized carbons (Fsp3) is 0.278. The molecule has 25 heavy (non-hydrogen) atoms. The lowest BCUT2D eigenvalue weighted by Gasteiger charge is -2.20. The summed E-state index contributed by atoms with van der Waals surface area (Å²) in [5, 5.41) is 5.76. The molecule has 1 aliphatic rings. The van der Waals surface area contributed by atoms with Gasteiger partial charge in [0.2, 0.25) is 0 Å². The summed E-state index contributed by atoms with van der Waals surface area (Å²) in [6, 6.07) is 8.38. The Morgan fingerprint density at radius 3 is 2.88 bits per heavy atom. The number of imide groups is 1. The Balaban J connectivity index is 1.66. The van der Waals surface area contributed by atoms with Crippen LogP contribution in [0.2, 0.25) is 0 Å². The van der Waals surface area contributed by atoms with Crippen LogP contribution in [0, 0.1) is 6.92 Å². The Morgan fingerprint density at radius 2 is 2.24 bits per heavy atom. The highest BCUT2D eigenvalue weighted by atomic mass is 16.5. The van der Waals surface area contributed by atoms with Crippen molar-refractivity contribution in [1.29, 1.82) is 0 Å². The maximum atomic E-state index is 12.3. The summed E-state index contributed by atoms with van der Waals surface area (Å²) in [6.45, 7) is 4.57. The second kappa shape index (κ2) is 7.21. The van der Waals surface area contributed by atoms with E-state index in [0.29, 0.717) is 18.8 Å². The van der Waals surface area contributed by atoms with Crippen LogP contribution >= 0.6 is 0 Å². The third-order valence-corrected chi connectivity index (χ3v) is 3.91. The molecular formula is C18H20N4O3. The number of aromatic nitrogens is 1. The first-order valence-corrected chi connectivity index (χ1v) is 8.09. The zero-order valence-electron chi connectivity index (χ0n) is 14.2. The summed E-state index contributed by atoms with van der Waals surface area (Å²) in [7, 11) is 0. The lowest BCUT2D eigenvalue weighted by Crippen LogP contribution is -2.43. The number of hydrogen-bond acceptors (Lipinski definition) is 5. The molecule has 0 aliphatic carbocycles. The number of amides is 3. The van der Waals surface area contributed by atoms with Crippen LogP contribution in [-0.4, -0.2) is 41.0 Å². The number of pyridine rings is 1. The number of nitrogens with one attached hydrogen (secondary N) is 2. The molecule has 1 saturated heterocycles. The molecule has 7 nitrogen and oxygen atoms in total. The molecule has 0 saturated carbocycles.